The van der Waals surface area contributed by atoms with Crippen molar-refractivity contribution in [2.24, 2.45) is 0 Å². The molecule has 1 aromatic carbocycles. The van der Waals surface area contributed by atoms with Gasteiger partial charge >= 0.3 is 12.0 Å². The van der Waals surface area contributed by atoms with E-state index in [-0.39, 0.29) is 0 Å². The Morgan fingerprint density at radius 3 is 2.24 bits per heavy atom. The highest BCUT2D eigenvalue weighted by Gasteiger charge is 2.34. The highest BCUT2D eigenvalue weighted by atomic mass is 16.4. The number of hydrogen-bond acceptors (Lipinski definition) is 2. The number of nitrogens with one attached hydrogen (secondary N) is 1. The fourth-order valence-electron chi connectivity index (χ4n) is 2.12. The van der Waals surface area contributed by atoms with Crippen molar-refractivity contribution in [1.29, 1.82) is 0 Å². The molecule has 2 N–H and O–H groups in total. The van der Waals surface area contributed by atoms with E-state index in [1.807, 2.05) is 31.2 Å². The number of urea groups is 1. The summed E-state index contributed by atoms with van der Waals surface area (Å²) >= 11 is 0. The third-order valence-electron chi connectivity index (χ3n) is 3.64. The highest BCUT2D eigenvalue weighted by Crippen LogP contribution is 2.17. The van der Waals surface area contributed by atoms with Crippen molar-refractivity contribution in [2.75, 3.05) is 11.9 Å². The molecule has 0 fully saturated rings. The van der Waals surface area contributed by atoms with E-state index in [1.54, 1.807) is 7.05 Å². The van der Waals surface area contributed by atoms with Crippen LogP contribution in [0.25, 0.3) is 0 Å². The molecule has 0 aliphatic rings. The maximum atomic E-state index is 12.2. The van der Waals surface area contributed by atoms with Gasteiger partial charge in [0.05, 0.1) is 0 Å². The number of hydrogen-bond donors (Lipinski definition) is 2. The average molecular weight is 292 g/mol. The number of aryl methyl sites for hydroxylation is 1. The summed E-state index contributed by atoms with van der Waals surface area (Å²) in [6.07, 6.45) is 2.00. The molecule has 5 nitrogen and oxygen atoms in total. The first-order valence-electron chi connectivity index (χ1n) is 7.22. The molecule has 0 aromatic heterocycles. The standard InChI is InChI=1S/C16H24N2O3/c1-5-11-16(3,14(19)20)17-15(21)18(4)13-9-7-12(6-2)8-10-13/h7-10H,5-6,11H2,1-4H3,(H,17,21)(H,19,20). The van der Waals surface area contributed by atoms with Gasteiger partial charge in [-0.1, -0.05) is 32.4 Å². The topological polar surface area (TPSA) is 69.6 Å². The van der Waals surface area contributed by atoms with Crippen LogP contribution in [0.3, 0.4) is 0 Å². The van der Waals surface area contributed by atoms with Gasteiger partial charge in [0.2, 0.25) is 0 Å². The van der Waals surface area contributed by atoms with Crippen molar-refractivity contribution < 1.29 is 14.7 Å². The molecule has 1 atom stereocenters. The van der Waals surface area contributed by atoms with Gasteiger partial charge in [-0.15, -0.1) is 0 Å². The minimum absolute atomic E-state index is 0.386. The lowest BCUT2D eigenvalue weighted by atomic mass is 9.96. The van der Waals surface area contributed by atoms with Gasteiger partial charge in [0.15, 0.2) is 0 Å². The molecular weight excluding hydrogens is 268 g/mol. The van der Waals surface area contributed by atoms with Crippen LogP contribution >= 0.6 is 0 Å². The lowest BCUT2D eigenvalue weighted by Crippen LogP contribution is -2.55. The van der Waals surface area contributed by atoms with Crippen LogP contribution in [0.1, 0.15) is 39.2 Å². The van der Waals surface area contributed by atoms with Crippen molar-refractivity contribution in [2.45, 2.75) is 45.6 Å². The normalized spacial score (nSPS) is 13.3. The Kier molecular flexibility index (Phi) is 5.76. The van der Waals surface area contributed by atoms with Crippen molar-refractivity contribution >= 4 is 17.7 Å². The molecule has 0 bridgehead atoms. The molecule has 0 saturated carbocycles. The number of anilines is 1. The Morgan fingerprint density at radius 1 is 1.24 bits per heavy atom. The summed E-state index contributed by atoms with van der Waals surface area (Å²) in [6, 6.07) is 7.22. The smallest absolute Gasteiger partial charge is 0.329 e. The van der Waals surface area contributed by atoms with E-state index in [4.69, 9.17) is 0 Å². The second kappa shape index (κ2) is 7.11. The summed E-state index contributed by atoms with van der Waals surface area (Å²) in [5.74, 6) is -1.02. The Hall–Kier alpha value is -2.04. The quantitative estimate of drug-likeness (QED) is 0.846. The molecule has 1 rings (SSSR count). The van der Waals surface area contributed by atoms with E-state index in [9.17, 15) is 14.7 Å². The van der Waals surface area contributed by atoms with Gasteiger partial charge in [0.25, 0.3) is 0 Å². The summed E-state index contributed by atoms with van der Waals surface area (Å²) in [5, 5.41) is 11.9. The number of carboxylic acid groups (broad SMARTS) is 1. The molecule has 5 heteroatoms. The van der Waals surface area contributed by atoms with Crippen LogP contribution in [0.4, 0.5) is 10.5 Å². The third kappa shape index (κ3) is 4.21. The number of carbonyl (C=O) groups is 2. The molecule has 0 spiro atoms. The molecule has 116 valence electrons. The third-order valence-corrected chi connectivity index (χ3v) is 3.64. The first-order chi connectivity index (χ1) is 9.84. The Balaban J connectivity index is 2.83. The zero-order valence-electron chi connectivity index (χ0n) is 13.1. The van der Waals surface area contributed by atoms with Gasteiger partial charge in [-0.05, 0) is 37.5 Å². The highest BCUT2D eigenvalue weighted by molar-refractivity contribution is 5.95. The molecule has 0 saturated heterocycles. The summed E-state index contributed by atoms with van der Waals surface area (Å²) in [7, 11) is 1.63. The van der Waals surface area contributed by atoms with E-state index >= 15 is 0 Å². The lowest BCUT2D eigenvalue weighted by Gasteiger charge is -2.29. The van der Waals surface area contributed by atoms with E-state index in [0.29, 0.717) is 12.8 Å². The first kappa shape index (κ1) is 17.0. The van der Waals surface area contributed by atoms with Crippen LogP contribution in [0.5, 0.6) is 0 Å². The van der Waals surface area contributed by atoms with Crippen molar-refractivity contribution in [3.8, 4) is 0 Å². The monoisotopic (exact) mass is 292 g/mol. The van der Waals surface area contributed by atoms with Gasteiger partial charge in [0.1, 0.15) is 5.54 Å². The van der Waals surface area contributed by atoms with Gasteiger partial charge in [-0.3, -0.25) is 4.90 Å². The molecule has 1 aromatic rings. The molecule has 0 heterocycles. The van der Waals surface area contributed by atoms with E-state index < -0.39 is 17.5 Å². The number of carboxylic acids is 1. The van der Waals surface area contributed by atoms with Crippen molar-refractivity contribution in [3.63, 3.8) is 0 Å². The zero-order valence-corrected chi connectivity index (χ0v) is 13.1. The van der Waals surface area contributed by atoms with Gasteiger partial charge in [0, 0.05) is 12.7 Å². The molecule has 0 aliphatic heterocycles. The molecule has 0 radical (unpaired) electrons. The number of rotatable bonds is 6. The second-order valence-electron chi connectivity index (χ2n) is 5.40. The van der Waals surface area contributed by atoms with Crippen LogP contribution in [-0.2, 0) is 11.2 Å². The first-order valence-corrected chi connectivity index (χ1v) is 7.22. The van der Waals surface area contributed by atoms with Crippen LogP contribution in [0.15, 0.2) is 24.3 Å². The Bertz CT molecular complexity index is 499. The van der Waals surface area contributed by atoms with Crippen molar-refractivity contribution in [3.05, 3.63) is 29.8 Å². The number of benzene rings is 1. The van der Waals surface area contributed by atoms with E-state index in [0.717, 1.165) is 12.1 Å². The molecular formula is C16H24N2O3. The van der Waals surface area contributed by atoms with Crippen LogP contribution in [0.2, 0.25) is 0 Å². The number of amides is 2. The van der Waals surface area contributed by atoms with Crippen LogP contribution < -0.4 is 10.2 Å². The summed E-state index contributed by atoms with van der Waals surface area (Å²) in [6.45, 7) is 5.49. The molecule has 1 unspecified atom stereocenters. The molecule has 21 heavy (non-hydrogen) atoms. The van der Waals surface area contributed by atoms with Gasteiger partial charge < -0.3 is 10.4 Å². The minimum atomic E-state index is -1.25. The number of aliphatic carboxylic acids is 1. The molecule has 0 aliphatic carbocycles. The SMILES string of the molecule is CCCC(C)(NC(=O)N(C)c1ccc(CC)cc1)C(=O)O. The van der Waals surface area contributed by atoms with Gasteiger partial charge in [-0.25, -0.2) is 9.59 Å². The predicted octanol–water partition coefficient (Wildman–Crippen LogP) is 3.04. The predicted molar refractivity (Wildman–Crippen MR) is 83.7 cm³/mol. The Morgan fingerprint density at radius 2 is 1.81 bits per heavy atom. The largest absolute Gasteiger partial charge is 0.480 e. The number of carbonyl (C=O) groups excluding carboxylic acids is 1. The van der Waals surface area contributed by atoms with Gasteiger partial charge in [-0.2, -0.15) is 0 Å². The average Bonchev–Trinajstić information content (AvgIpc) is 2.46. The number of nitrogens with zero attached hydrogens (tertiary/aromatic N) is 1. The summed E-state index contributed by atoms with van der Waals surface area (Å²) in [5.41, 5.74) is 0.673. The lowest BCUT2D eigenvalue weighted by molar-refractivity contribution is -0.144. The minimum Gasteiger partial charge on any atom is -0.480 e. The molecule has 2 amide bonds. The fraction of sp³-hybridized carbons (Fsp3) is 0.500. The van der Waals surface area contributed by atoms with E-state index in [2.05, 4.69) is 12.2 Å². The summed E-state index contributed by atoms with van der Waals surface area (Å²) < 4.78 is 0. The fourth-order valence-corrected chi connectivity index (χ4v) is 2.12. The van der Waals surface area contributed by atoms with E-state index in [1.165, 1.54) is 17.4 Å². The zero-order chi connectivity index (χ0) is 16.0. The van der Waals surface area contributed by atoms with Crippen LogP contribution in [0, 0.1) is 0 Å². The van der Waals surface area contributed by atoms with Crippen molar-refractivity contribution in [1.82, 2.24) is 5.32 Å². The maximum absolute atomic E-state index is 12.2. The Labute approximate surface area is 126 Å². The van der Waals surface area contributed by atoms with Crippen LogP contribution in [-0.4, -0.2) is 29.7 Å². The maximum Gasteiger partial charge on any atom is 0.329 e. The summed E-state index contributed by atoms with van der Waals surface area (Å²) in [4.78, 5) is 25.0. The second-order valence-corrected chi connectivity index (χ2v) is 5.40.